The standard InChI is InChI=1S/C18H23N3O2/c22-14-16-13-18(15-5-2-1-3-6-15)20-19-17(16)7-4-8-21-9-11-23-12-10-21/h1-3,5-6,13,22H,4,7-12,14H2. The van der Waals surface area contributed by atoms with Crippen LogP contribution in [0.5, 0.6) is 0 Å². The molecule has 0 atom stereocenters. The highest BCUT2D eigenvalue weighted by molar-refractivity contribution is 5.59. The zero-order valence-electron chi connectivity index (χ0n) is 13.3. The molecule has 0 bridgehead atoms. The van der Waals surface area contributed by atoms with Gasteiger partial charge in [-0.25, -0.2) is 0 Å². The fraction of sp³-hybridized carbons (Fsp3) is 0.444. The van der Waals surface area contributed by atoms with Gasteiger partial charge in [0.25, 0.3) is 0 Å². The van der Waals surface area contributed by atoms with Gasteiger partial charge in [0, 0.05) is 24.2 Å². The van der Waals surface area contributed by atoms with Gasteiger partial charge in [0.2, 0.25) is 0 Å². The molecule has 1 aliphatic heterocycles. The Morgan fingerprint density at radius 3 is 2.61 bits per heavy atom. The molecule has 23 heavy (non-hydrogen) atoms. The first-order valence-electron chi connectivity index (χ1n) is 8.18. The van der Waals surface area contributed by atoms with Crippen LogP contribution >= 0.6 is 0 Å². The summed E-state index contributed by atoms with van der Waals surface area (Å²) in [6.07, 6.45) is 1.86. The summed E-state index contributed by atoms with van der Waals surface area (Å²) in [4.78, 5) is 2.41. The number of hydrogen-bond donors (Lipinski definition) is 1. The molecule has 1 saturated heterocycles. The quantitative estimate of drug-likeness (QED) is 0.883. The highest BCUT2D eigenvalue weighted by Crippen LogP contribution is 2.19. The number of aliphatic hydroxyl groups is 1. The Balaban J connectivity index is 1.63. The number of aromatic nitrogens is 2. The number of aliphatic hydroxyl groups excluding tert-OH is 1. The number of morpholine rings is 1. The Morgan fingerprint density at radius 1 is 1.09 bits per heavy atom. The van der Waals surface area contributed by atoms with Crippen molar-refractivity contribution in [1.29, 1.82) is 0 Å². The molecule has 0 saturated carbocycles. The van der Waals surface area contributed by atoms with E-state index in [-0.39, 0.29) is 6.61 Å². The molecule has 3 rings (SSSR count). The molecule has 0 unspecified atom stereocenters. The van der Waals surface area contributed by atoms with Crippen LogP contribution in [0.3, 0.4) is 0 Å². The summed E-state index contributed by atoms with van der Waals surface area (Å²) >= 11 is 0. The molecule has 0 amide bonds. The predicted octanol–water partition coefficient (Wildman–Crippen LogP) is 1.90. The number of nitrogens with zero attached hydrogens (tertiary/aromatic N) is 3. The van der Waals surface area contributed by atoms with Crippen molar-refractivity contribution in [2.75, 3.05) is 32.8 Å². The topological polar surface area (TPSA) is 58.5 Å². The molecule has 5 nitrogen and oxygen atoms in total. The molecule has 1 aromatic heterocycles. The summed E-state index contributed by atoms with van der Waals surface area (Å²) in [6, 6.07) is 11.9. The third-order valence-corrected chi connectivity index (χ3v) is 4.19. The Morgan fingerprint density at radius 2 is 1.87 bits per heavy atom. The molecular weight excluding hydrogens is 290 g/mol. The van der Waals surface area contributed by atoms with E-state index >= 15 is 0 Å². The highest BCUT2D eigenvalue weighted by atomic mass is 16.5. The maximum absolute atomic E-state index is 9.64. The molecule has 2 heterocycles. The van der Waals surface area contributed by atoms with Crippen molar-refractivity contribution >= 4 is 0 Å². The van der Waals surface area contributed by atoms with Crippen molar-refractivity contribution in [2.45, 2.75) is 19.4 Å². The summed E-state index contributed by atoms with van der Waals surface area (Å²) in [7, 11) is 0. The van der Waals surface area contributed by atoms with E-state index in [1.54, 1.807) is 0 Å². The monoisotopic (exact) mass is 313 g/mol. The van der Waals surface area contributed by atoms with E-state index in [1.807, 2.05) is 36.4 Å². The van der Waals surface area contributed by atoms with Gasteiger partial charge in [-0.2, -0.15) is 10.2 Å². The minimum Gasteiger partial charge on any atom is -0.392 e. The third-order valence-electron chi connectivity index (χ3n) is 4.19. The molecule has 0 spiro atoms. The van der Waals surface area contributed by atoms with Crippen molar-refractivity contribution in [3.63, 3.8) is 0 Å². The van der Waals surface area contributed by atoms with E-state index in [0.717, 1.165) is 68.2 Å². The summed E-state index contributed by atoms with van der Waals surface area (Å²) in [5.41, 5.74) is 3.61. The van der Waals surface area contributed by atoms with Gasteiger partial charge < -0.3 is 9.84 Å². The highest BCUT2D eigenvalue weighted by Gasteiger charge is 2.12. The van der Waals surface area contributed by atoms with Crippen LogP contribution < -0.4 is 0 Å². The lowest BCUT2D eigenvalue weighted by molar-refractivity contribution is 0.0374. The minimum absolute atomic E-state index is 0.00222. The SMILES string of the molecule is OCc1cc(-c2ccccc2)nnc1CCCN1CCOCC1. The van der Waals surface area contributed by atoms with Gasteiger partial charge in [-0.05, 0) is 25.5 Å². The Kier molecular flexibility index (Phi) is 5.69. The zero-order valence-corrected chi connectivity index (χ0v) is 13.3. The maximum atomic E-state index is 9.64. The number of aryl methyl sites for hydroxylation is 1. The molecule has 2 aromatic rings. The molecular formula is C18H23N3O2. The van der Waals surface area contributed by atoms with Crippen LogP contribution in [0.15, 0.2) is 36.4 Å². The Labute approximate surface area is 136 Å². The zero-order chi connectivity index (χ0) is 15.9. The molecule has 0 radical (unpaired) electrons. The van der Waals surface area contributed by atoms with E-state index in [2.05, 4.69) is 15.1 Å². The van der Waals surface area contributed by atoms with E-state index in [1.165, 1.54) is 0 Å². The Bertz CT molecular complexity index is 613. The van der Waals surface area contributed by atoms with Crippen LogP contribution in [-0.2, 0) is 17.8 Å². The fourth-order valence-electron chi connectivity index (χ4n) is 2.85. The molecule has 1 aromatic carbocycles. The number of benzene rings is 1. The fourth-order valence-corrected chi connectivity index (χ4v) is 2.85. The minimum atomic E-state index is 0.00222. The maximum Gasteiger partial charge on any atom is 0.0933 e. The molecule has 0 aliphatic carbocycles. The van der Waals surface area contributed by atoms with Crippen molar-refractivity contribution in [3.8, 4) is 11.3 Å². The van der Waals surface area contributed by atoms with Crippen molar-refractivity contribution < 1.29 is 9.84 Å². The molecule has 1 N–H and O–H groups in total. The smallest absolute Gasteiger partial charge is 0.0933 e. The van der Waals surface area contributed by atoms with Gasteiger partial charge in [-0.3, -0.25) is 4.90 Å². The summed E-state index contributed by atoms with van der Waals surface area (Å²) < 4.78 is 5.36. The largest absolute Gasteiger partial charge is 0.392 e. The van der Waals surface area contributed by atoms with Crippen LogP contribution in [0.2, 0.25) is 0 Å². The van der Waals surface area contributed by atoms with Crippen LogP contribution in [0.4, 0.5) is 0 Å². The van der Waals surface area contributed by atoms with Gasteiger partial charge in [-0.1, -0.05) is 30.3 Å². The molecule has 5 heteroatoms. The van der Waals surface area contributed by atoms with Crippen LogP contribution in [0.1, 0.15) is 17.7 Å². The molecule has 1 fully saturated rings. The first kappa shape index (κ1) is 16.1. The normalized spacial score (nSPS) is 15.7. The average molecular weight is 313 g/mol. The van der Waals surface area contributed by atoms with Crippen LogP contribution in [0.25, 0.3) is 11.3 Å². The first-order valence-corrected chi connectivity index (χ1v) is 8.18. The second kappa shape index (κ2) is 8.15. The average Bonchev–Trinajstić information content (AvgIpc) is 2.63. The summed E-state index contributed by atoms with van der Waals surface area (Å²) in [5.74, 6) is 0. The van der Waals surface area contributed by atoms with Crippen molar-refractivity contribution in [2.24, 2.45) is 0 Å². The van der Waals surface area contributed by atoms with Crippen molar-refractivity contribution in [3.05, 3.63) is 47.7 Å². The second-order valence-electron chi connectivity index (χ2n) is 5.78. The van der Waals surface area contributed by atoms with E-state index in [9.17, 15) is 5.11 Å². The number of rotatable bonds is 6. The van der Waals surface area contributed by atoms with E-state index < -0.39 is 0 Å². The van der Waals surface area contributed by atoms with E-state index in [0.29, 0.717) is 0 Å². The van der Waals surface area contributed by atoms with Gasteiger partial charge >= 0.3 is 0 Å². The summed E-state index contributed by atoms with van der Waals surface area (Å²) in [6.45, 7) is 4.70. The molecule has 122 valence electrons. The first-order chi connectivity index (χ1) is 11.4. The van der Waals surface area contributed by atoms with Gasteiger partial charge in [0.1, 0.15) is 0 Å². The molecule has 1 aliphatic rings. The van der Waals surface area contributed by atoms with E-state index in [4.69, 9.17) is 4.74 Å². The predicted molar refractivity (Wildman–Crippen MR) is 89.0 cm³/mol. The number of ether oxygens (including phenoxy) is 1. The number of hydrogen-bond acceptors (Lipinski definition) is 5. The lowest BCUT2D eigenvalue weighted by Gasteiger charge is -2.26. The van der Waals surface area contributed by atoms with Crippen molar-refractivity contribution in [1.82, 2.24) is 15.1 Å². The van der Waals surface area contributed by atoms with Gasteiger partial charge in [0.15, 0.2) is 0 Å². The Hall–Kier alpha value is -1.82. The van der Waals surface area contributed by atoms with Crippen LogP contribution in [-0.4, -0.2) is 53.1 Å². The summed E-state index contributed by atoms with van der Waals surface area (Å²) in [5, 5.41) is 18.3. The lowest BCUT2D eigenvalue weighted by Crippen LogP contribution is -2.37. The lowest BCUT2D eigenvalue weighted by atomic mass is 10.1. The second-order valence-corrected chi connectivity index (χ2v) is 5.78. The van der Waals surface area contributed by atoms with Gasteiger partial charge in [0.05, 0.1) is 31.2 Å². The van der Waals surface area contributed by atoms with Crippen LogP contribution in [0, 0.1) is 0 Å². The third kappa shape index (κ3) is 4.34. The van der Waals surface area contributed by atoms with Gasteiger partial charge in [-0.15, -0.1) is 0 Å².